The molecule has 5 aliphatic rings. The van der Waals surface area contributed by atoms with Crippen LogP contribution >= 0.6 is 0 Å². The molecule has 4 saturated heterocycles. The van der Waals surface area contributed by atoms with Crippen molar-refractivity contribution in [2.45, 2.75) is 56.7 Å². The SMILES string of the molecule is COc1ccccc1N1CCN(C(=O)[C@H]2CN3CCC2C[C@@H]3Cn2cc(C3(O)CCCC3)nn2)CC1. The second kappa shape index (κ2) is 9.67. The molecule has 5 fully saturated rings. The van der Waals surface area contributed by atoms with E-state index in [-0.39, 0.29) is 5.92 Å². The van der Waals surface area contributed by atoms with E-state index in [4.69, 9.17) is 4.74 Å². The minimum atomic E-state index is -0.794. The van der Waals surface area contributed by atoms with E-state index >= 15 is 0 Å². The van der Waals surface area contributed by atoms with Crippen LogP contribution in [-0.4, -0.2) is 88.2 Å². The lowest BCUT2D eigenvalue weighted by Crippen LogP contribution is -2.60. The Balaban J connectivity index is 1.05. The summed E-state index contributed by atoms with van der Waals surface area (Å²) in [7, 11) is 1.71. The normalized spacial score (nSPS) is 29.5. The fourth-order valence-corrected chi connectivity index (χ4v) is 6.93. The second-order valence-electron chi connectivity index (χ2n) is 11.1. The molecule has 0 spiro atoms. The standard InChI is InChI=1S/C27H38N6O3/c1-36-24-7-3-2-6-23(24)30-12-14-31(15-13-30)26(34)22-18-32-11-8-20(22)16-21(32)17-33-19-25(28-29-33)27(35)9-4-5-10-27/h2-3,6-7,19-22,35H,4-5,8-18H2,1H3/t20?,21-,22+/m1/s1. The lowest BCUT2D eigenvalue weighted by atomic mass is 9.75. The van der Waals surface area contributed by atoms with Gasteiger partial charge in [-0.3, -0.25) is 14.4 Å². The van der Waals surface area contributed by atoms with Crippen molar-refractivity contribution in [2.75, 3.05) is 51.3 Å². The summed E-state index contributed by atoms with van der Waals surface area (Å²) in [6, 6.07) is 8.49. The number of anilines is 1. The van der Waals surface area contributed by atoms with Crippen LogP contribution in [0.25, 0.3) is 0 Å². The van der Waals surface area contributed by atoms with Gasteiger partial charge in [-0.1, -0.05) is 30.2 Å². The zero-order valence-corrected chi connectivity index (χ0v) is 21.3. The molecule has 2 bridgehead atoms. The first-order valence-electron chi connectivity index (χ1n) is 13.6. The highest BCUT2D eigenvalue weighted by Crippen LogP contribution is 2.39. The Bertz CT molecular complexity index is 1070. The monoisotopic (exact) mass is 494 g/mol. The summed E-state index contributed by atoms with van der Waals surface area (Å²) in [6.45, 7) is 5.84. The number of nitrogens with zero attached hydrogens (tertiary/aromatic N) is 6. The maximum atomic E-state index is 13.6. The van der Waals surface area contributed by atoms with Crippen molar-refractivity contribution in [3.05, 3.63) is 36.2 Å². The Hall–Kier alpha value is -2.65. The van der Waals surface area contributed by atoms with Gasteiger partial charge in [-0.25, -0.2) is 0 Å². The maximum Gasteiger partial charge on any atom is 0.227 e. The molecule has 9 nitrogen and oxygen atoms in total. The van der Waals surface area contributed by atoms with E-state index in [1.54, 1.807) is 7.11 Å². The molecule has 5 heterocycles. The third-order valence-electron chi connectivity index (χ3n) is 9.06. The molecule has 1 aromatic heterocycles. The van der Waals surface area contributed by atoms with Crippen molar-refractivity contribution in [3.8, 4) is 5.75 Å². The number of para-hydroxylation sites is 2. The van der Waals surface area contributed by atoms with Gasteiger partial charge in [-0.05, 0) is 50.3 Å². The van der Waals surface area contributed by atoms with Crippen LogP contribution in [0.3, 0.4) is 0 Å². The lowest BCUT2D eigenvalue weighted by molar-refractivity contribution is -0.144. The average molecular weight is 495 g/mol. The molecule has 2 unspecified atom stereocenters. The van der Waals surface area contributed by atoms with Gasteiger partial charge < -0.3 is 19.6 Å². The number of carbonyl (C=O) groups excluding carboxylic acids is 1. The molecule has 36 heavy (non-hydrogen) atoms. The van der Waals surface area contributed by atoms with Crippen LogP contribution in [0.15, 0.2) is 30.5 Å². The van der Waals surface area contributed by atoms with Gasteiger partial charge in [0.15, 0.2) is 0 Å². The van der Waals surface area contributed by atoms with E-state index in [0.29, 0.717) is 17.9 Å². The van der Waals surface area contributed by atoms with E-state index in [2.05, 4.69) is 31.1 Å². The molecule has 9 heteroatoms. The highest BCUT2D eigenvalue weighted by Gasteiger charge is 2.45. The van der Waals surface area contributed by atoms with Gasteiger partial charge in [0, 0.05) is 38.8 Å². The fourth-order valence-electron chi connectivity index (χ4n) is 6.93. The smallest absolute Gasteiger partial charge is 0.227 e. The molecule has 0 radical (unpaired) electrons. The van der Waals surface area contributed by atoms with Gasteiger partial charge in [-0.15, -0.1) is 5.10 Å². The van der Waals surface area contributed by atoms with Crippen molar-refractivity contribution in [1.29, 1.82) is 0 Å². The van der Waals surface area contributed by atoms with Crippen LogP contribution in [0.4, 0.5) is 5.69 Å². The zero-order chi connectivity index (χ0) is 24.7. The highest BCUT2D eigenvalue weighted by atomic mass is 16.5. The fraction of sp³-hybridized carbons (Fsp3) is 0.667. The number of hydrogen-bond acceptors (Lipinski definition) is 7. The Morgan fingerprint density at radius 3 is 2.64 bits per heavy atom. The summed E-state index contributed by atoms with van der Waals surface area (Å²) >= 11 is 0. The number of piperidine rings is 3. The maximum absolute atomic E-state index is 13.6. The molecule has 1 N–H and O–H groups in total. The van der Waals surface area contributed by atoms with Crippen LogP contribution in [0.2, 0.25) is 0 Å². The molecule has 1 amide bonds. The molecular weight excluding hydrogens is 456 g/mol. The minimum Gasteiger partial charge on any atom is -0.495 e. The van der Waals surface area contributed by atoms with Crippen molar-refractivity contribution in [2.24, 2.45) is 11.8 Å². The molecule has 1 saturated carbocycles. The van der Waals surface area contributed by atoms with Crippen molar-refractivity contribution < 1.29 is 14.6 Å². The van der Waals surface area contributed by atoms with E-state index in [1.165, 1.54) is 0 Å². The molecule has 1 aliphatic carbocycles. The topological polar surface area (TPSA) is 87.0 Å². The Kier molecular flexibility index (Phi) is 6.37. The number of carbonyl (C=O) groups is 1. The van der Waals surface area contributed by atoms with Crippen molar-refractivity contribution in [1.82, 2.24) is 24.8 Å². The first-order valence-corrected chi connectivity index (χ1v) is 13.6. The third-order valence-corrected chi connectivity index (χ3v) is 9.06. The number of piperazine rings is 1. The molecule has 7 rings (SSSR count). The Morgan fingerprint density at radius 1 is 1.14 bits per heavy atom. The quantitative estimate of drug-likeness (QED) is 0.658. The van der Waals surface area contributed by atoms with Crippen molar-refractivity contribution >= 4 is 11.6 Å². The first kappa shape index (κ1) is 23.7. The molecule has 4 aliphatic heterocycles. The number of fused-ring (bicyclic) bond motifs is 3. The highest BCUT2D eigenvalue weighted by molar-refractivity contribution is 5.80. The Labute approximate surface area is 213 Å². The molecule has 2 aromatic rings. The lowest BCUT2D eigenvalue weighted by Gasteiger charge is -2.50. The molecule has 1 aromatic carbocycles. The van der Waals surface area contributed by atoms with Crippen LogP contribution < -0.4 is 9.64 Å². The van der Waals surface area contributed by atoms with Crippen LogP contribution in [-0.2, 0) is 16.9 Å². The summed E-state index contributed by atoms with van der Waals surface area (Å²) in [5, 5.41) is 19.5. The van der Waals surface area contributed by atoms with Crippen LogP contribution in [0.5, 0.6) is 5.75 Å². The largest absolute Gasteiger partial charge is 0.495 e. The van der Waals surface area contributed by atoms with Gasteiger partial charge >= 0.3 is 0 Å². The number of amides is 1. The third kappa shape index (κ3) is 4.36. The summed E-state index contributed by atoms with van der Waals surface area (Å²) in [4.78, 5) is 20.5. The summed E-state index contributed by atoms with van der Waals surface area (Å²) in [5.74, 6) is 1.74. The first-order chi connectivity index (χ1) is 17.5. The number of aliphatic hydroxyl groups is 1. The number of methoxy groups -OCH3 is 1. The number of benzene rings is 1. The number of ether oxygens (including phenoxy) is 1. The number of rotatable bonds is 6. The molecular formula is C27H38N6O3. The van der Waals surface area contributed by atoms with E-state index < -0.39 is 5.60 Å². The van der Waals surface area contributed by atoms with Crippen LogP contribution in [0.1, 0.15) is 44.2 Å². The minimum absolute atomic E-state index is 0.0957. The number of aromatic nitrogens is 3. The second-order valence-corrected chi connectivity index (χ2v) is 11.1. The van der Waals surface area contributed by atoms with E-state index in [0.717, 1.165) is 101 Å². The van der Waals surface area contributed by atoms with Gasteiger partial charge in [0.05, 0.1) is 31.5 Å². The summed E-state index contributed by atoms with van der Waals surface area (Å²) in [5.41, 5.74) is 1.03. The van der Waals surface area contributed by atoms with Crippen LogP contribution in [0, 0.1) is 11.8 Å². The molecule has 4 atom stereocenters. The zero-order valence-electron chi connectivity index (χ0n) is 21.3. The van der Waals surface area contributed by atoms with Gasteiger partial charge in [0.25, 0.3) is 0 Å². The number of hydrogen-bond donors (Lipinski definition) is 1. The van der Waals surface area contributed by atoms with Gasteiger partial charge in [0.2, 0.25) is 5.91 Å². The molecule has 194 valence electrons. The average Bonchev–Trinajstić information content (AvgIpc) is 3.59. The van der Waals surface area contributed by atoms with Gasteiger partial charge in [-0.2, -0.15) is 0 Å². The Morgan fingerprint density at radius 2 is 1.92 bits per heavy atom. The van der Waals surface area contributed by atoms with E-state index in [1.807, 2.05) is 29.1 Å². The van der Waals surface area contributed by atoms with Crippen molar-refractivity contribution in [3.63, 3.8) is 0 Å². The van der Waals surface area contributed by atoms with Gasteiger partial charge in [0.1, 0.15) is 17.0 Å². The predicted octanol–water partition coefficient (Wildman–Crippen LogP) is 2.11. The summed E-state index contributed by atoms with van der Waals surface area (Å²) < 4.78 is 7.44. The predicted molar refractivity (Wildman–Crippen MR) is 136 cm³/mol. The summed E-state index contributed by atoms with van der Waals surface area (Å²) in [6.07, 6.45) is 7.71. The van der Waals surface area contributed by atoms with E-state index in [9.17, 15) is 9.90 Å².